The molecule has 2 N–H and O–H groups in total. The lowest BCUT2D eigenvalue weighted by Gasteiger charge is -2.20. The zero-order chi connectivity index (χ0) is 23.0. The van der Waals surface area contributed by atoms with Gasteiger partial charge in [0.25, 0.3) is 0 Å². The van der Waals surface area contributed by atoms with Gasteiger partial charge in [0.2, 0.25) is 5.91 Å². The second-order valence-corrected chi connectivity index (χ2v) is 8.60. The highest BCUT2D eigenvalue weighted by molar-refractivity contribution is 7.71. The van der Waals surface area contributed by atoms with Crippen LogP contribution in [0, 0.1) is 11.7 Å². The van der Waals surface area contributed by atoms with Crippen LogP contribution in [-0.2, 0) is 17.8 Å². The van der Waals surface area contributed by atoms with Crippen molar-refractivity contribution in [2.45, 2.75) is 38.8 Å². The standard InChI is InChI=1S/C27H28N4OS/c1-20-10-8-16-23(18-20)26-29-30-27(33)31(26)19-25(32)28-24(22-14-6-3-7-15-22)17-9-13-21-11-4-2-5-12-21/h2-8,10-12,14-16,18,24H,9,13,17,19H2,1H3,(H,28,32)(H,30,33). The third-order valence-corrected chi connectivity index (χ3v) is 5.99. The van der Waals surface area contributed by atoms with Gasteiger partial charge in [-0.15, -0.1) is 0 Å². The van der Waals surface area contributed by atoms with Gasteiger partial charge in [0, 0.05) is 5.56 Å². The fourth-order valence-corrected chi connectivity index (χ4v) is 4.21. The summed E-state index contributed by atoms with van der Waals surface area (Å²) >= 11 is 5.42. The van der Waals surface area contributed by atoms with Gasteiger partial charge in [-0.2, -0.15) is 5.10 Å². The van der Waals surface area contributed by atoms with E-state index in [0.717, 1.165) is 36.0 Å². The molecule has 1 unspecified atom stereocenters. The molecule has 1 heterocycles. The average molecular weight is 457 g/mol. The number of H-pyrrole nitrogens is 1. The SMILES string of the molecule is Cc1cccc(-c2n[nH]c(=S)n2CC(=O)NC(CCCc2ccccc2)c2ccccc2)c1. The van der Waals surface area contributed by atoms with Crippen LogP contribution in [0.2, 0.25) is 0 Å². The molecule has 3 aromatic carbocycles. The summed E-state index contributed by atoms with van der Waals surface area (Å²) < 4.78 is 2.19. The number of hydrogen-bond donors (Lipinski definition) is 2. The Labute approximate surface area is 199 Å². The van der Waals surface area contributed by atoms with E-state index in [2.05, 4.69) is 51.9 Å². The minimum Gasteiger partial charge on any atom is -0.348 e. The summed E-state index contributed by atoms with van der Waals surface area (Å²) in [5.41, 5.74) is 4.47. The first-order chi connectivity index (χ1) is 16.1. The van der Waals surface area contributed by atoms with E-state index in [0.29, 0.717) is 10.6 Å². The molecule has 5 nitrogen and oxygen atoms in total. The molecule has 0 aliphatic rings. The lowest BCUT2D eigenvalue weighted by Crippen LogP contribution is -2.32. The molecule has 1 atom stereocenters. The van der Waals surface area contributed by atoms with Crippen molar-refractivity contribution in [1.29, 1.82) is 0 Å². The van der Waals surface area contributed by atoms with Gasteiger partial charge >= 0.3 is 0 Å². The van der Waals surface area contributed by atoms with Crippen molar-refractivity contribution in [3.63, 3.8) is 0 Å². The van der Waals surface area contributed by atoms with Crippen molar-refractivity contribution in [2.75, 3.05) is 0 Å². The highest BCUT2D eigenvalue weighted by Gasteiger charge is 2.17. The minimum absolute atomic E-state index is 0.0640. The molecule has 0 bridgehead atoms. The van der Waals surface area contributed by atoms with Gasteiger partial charge in [0.15, 0.2) is 10.6 Å². The fraction of sp³-hybridized carbons (Fsp3) is 0.222. The third-order valence-electron chi connectivity index (χ3n) is 5.67. The van der Waals surface area contributed by atoms with Crippen molar-refractivity contribution in [3.05, 3.63) is 106 Å². The molecule has 4 rings (SSSR count). The Morgan fingerprint density at radius 2 is 1.76 bits per heavy atom. The first kappa shape index (κ1) is 22.7. The number of aromatic amines is 1. The molecule has 33 heavy (non-hydrogen) atoms. The summed E-state index contributed by atoms with van der Waals surface area (Å²) in [5, 5.41) is 10.4. The Kier molecular flexibility index (Phi) is 7.47. The normalized spacial score (nSPS) is 11.8. The zero-order valence-corrected chi connectivity index (χ0v) is 19.5. The van der Waals surface area contributed by atoms with Gasteiger partial charge in [0.1, 0.15) is 6.54 Å². The molecule has 0 saturated heterocycles. The summed E-state index contributed by atoms with van der Waals surface area (Å²) in [4.78, 5) is 13.1. The zero-order valence-electron chi connectivity index (χ0n) is 18.7. The van der Waals surface area contributed by atoms with E-state index in [1.807, 2.05) is 55.5 Å². The maximum atomic E-state index is 13.1. The Balaban J connectivity index is 1.47. The number of amides is 1. The highest BCUT2D eigenvalue weighted by atomic mass is 32.1. The van der Waals surface area contributed by atoms with Crippen LogP contribution in [0.25, 0.3) is 11.4 Å². The topological polar surface area (TPSA) is 62.7 Å². The van der Waals surface area contributed by atoms with E-state index in [-0.39, 0.29) is 18.5 Å². The number of nitrogens with zero attached hydrogens (tertiary/aromatic N) is 2. The summed E-state index contributed by atoms with van der Waals surface area (Å²) in [5.74, 6) is 0.578. The number of aryl methyl sites for hydroxylation is 2. The maximum Gasteiger partial charge on any atom is 0.240 e. The number of hydrogen-bond acceptors (Lipinski definition) is 3. The number of benzene rings is 3. The van der Waals surface area contributed by atoms with Crippen LogP contribution in [-0.4, -0.2) is 20.7 Å². The first-order valence-electron chi connectivity index (χ1n) is 11.2. The van der Waals surface area contributed by atoms with Crippen LogP contribution in [0.4, 0.5) is 0 Å². The average Bonchev–Trinajstić information content (AvgIpc) is 3.19. The van der Waals surface area contributed by atoms with E-state index in [9.17, 15) is 4.79 Å². The molecule has 0 aliphatic heterocycles. The van der Waals surface area contributed by atoms with Crippen LogP contribution in [0.3, 0.4) is 0 Å². The largest absolute Gasteiger partial charge is 0.348 e. The van der Waals surface area contributed by atoms with E-state index >= 15 is 0 Å². The maximum absolute atomic E-state index is 13.1. The van der Waals surface area contributed by atoms with Crippen LogP contribution in [0.15, 0.2) is 84.9 Å². The van der Waals surface area contributed by atoms with Crippen molar-refractivity contribution < 1.29 is 4.79 Å². The molecule has 4 aromatic rings. The number of carbonyl (C=O) groups is 1. The molecule has 1 aromatic heterocycles. The number of carbonyl (C=O) groups excluding carboxylic acids is 1. The van der Waals surface area contributed by atoms with E-state index in [4.69, 9.17) is 12.2 Å². The van der Waals surface area contributed by atoms with Crippen molar-refractivity contribution in [3.8, 4) is 11.4 Å². The predicted octanol–water partition coefficient (Wildman–Crippen LogP) is 5.80. The molecular weight excluding hydrogens is 428 g/mol. The number of aromatic nitrogens is 3. The molecule has 0 fully saturated rings. The number of rotatable bonds is 9. The van der Waals surface area contributed by atoms with E-state index in [1.54, 1.807) is 4.57 Å². The quantitative estimate of drug-likeness (QED) is 0.313. The van der Waals surface area contributed by atoms with Crippen LogP contribution in [0.5, 0.6) is 0 Å². The fourth-order valence-electron chi connectivity index (χ4n) is 4.01. The summed E-state index contributed by atoms with van der Waals surface area (Å²) in [7, 11) is 0. The van der Waals surface area contributed by atoms with Gasteiger partial charge in [-0.25, -0.2) is 0 Å². The van der Waals surface area contributed by atoms with Crippen molar-refractivity contribution in [1.82, 2.24) is 20.1 Å². The molecule has 1 amide bonds. The van der Waals surface area contributed by atoms with Gasteiger partial charge in [0.05, 0.1) is 6.04 Å². The van der Waals surface area contributed by atoms with E-state index in [1.165, 1.54) is 5.56 Å². The molecule has 0 spiro atoms. The van der Waals surface area contributed by atoms with Crippen molar-refractivity contribution >= 4 is 18.1 Å². The third kappa shape index (κ3) is 6.05. The Morgan fingerprint density at radius 1 is 1.03 bits per heavy atom. The summed E-state index contributed by atoms with van der Waals surface area (Å²) in [6, 6.07) is 28.5. The molecule has 0 saturated carbocycles. The van der Waals surface area contributed by atoms with Crippen LogP contribution >= 0.6 is 12.2 Å². The van der Waals surface area contributed by atoms with Crippen LogP contribution in [0.1, 0.15) is 35.6 Å². The lowest BCUT2D eigenvalue weighted by atomic mass is 9.99. The van der Waals surface area contributed by atoms with Gasteiger partial charge in [-0.05, 0) is 55.6 Å². The van der Waals surface area contributed by atoms with Crippen LogP contribution < -0.4 is 5.32 Å². The highest BCUT2D eigenvalue weighted by Crippen LogP contribution is 2.21. The Morgan fingerprint density at radius 3 is 2.48 bits per heavy atom. The Hall–Kier alpha value is -3.51. The summed E-state index contributed by atoms with van der Waals surface area (Å²) in [6.07, 6.45) is 2.81. The predicted molar refractivity (Wildman–Crippen MR) is 134 cm³/mol. The second kappa shape index (κ2) is 10.9. The summed E-state index contributed by atoms with van der Waals surface area (Å²) in [6.45, 7) is 2.14. The second-order valence-electron chi connectivity index (χ2n) is 8.22. The lowest BCUT2D eigenvalue weighted by molar-refractivity contribution is -0.122. The molecule has 0 aliphatic carbocycles. The van der Waals surface area contributed by atoms with Crippen molar-refractivity contribution in [2.24, 2.45) is 0 Å². The molecular formula is C27H28N4OS. The molecule has 6 heteroatoms. The Bertz CT molecular complexity index is 1250. The number of nitrogens with one attached hydrogen (secondary N) is 2. The molecule has 168 valence electrons. The first-order valence-corrected chi connectivity index (χ1v) is 11.6. The van der Waals surface area contributed by atoms with Gasteiger partial charge < -0.3 is 5.32 Å². The van der Waals surface area contributed by atoms with Gasteiger partial charge in [-0.3, -0.25) is 14.5 Å². The minimum atomic E-state index is -0.0880. The molecule has 0 radical (unpaired) electrons. The smallest absolute Gasteiger partial charge is 0.240 e. The monoisotopic (exact) mass is 456 g/mol. The van der Waals surface area contributed by atoms with Gasteiger partial charge in [-0.1, -0.05) is 84.4 Å². The van der Waals surface area contributed by atoms with E-state index < -0.39 is 0 Å².